The monoisotopic (exact) mass is 252 g/mol. The predicted molar refractivity (Wildman–Crippen MR) is 61.5 cm³/mol. The van der Waals surface area contributed by atoms with Crippen molar-refractivity contribution in [3.05, 3.63) is 65.2 Å². The highest BCUT2D eigenvalue weighted by molar-refractivity contribution is 5.30. The largest absolute Gasteiger partial charge is 0.308 e. The van der Waals surface area contributed by atoms with Crippen molar-refractivity contribution in [2.24, 2.45) is 0 Å². The molecule has 0 radical (unpaired) electrons. The van der Waals surface area contributed by atoms with E-state index in [1.807, 2.05) is 0 Å². The van der Waals surface area contributed by atoms with E-state index >= 15 is 0 Å². The van der Waals surface area contributed by atoms with Crippen molar-refractivity contribution >= 4 is 0 Å². The molecule has 1 unspecified atom stereocenters. The second-order valence-corrected chi connectivity index (χ2v) is 3.76. The van der Waals surface area contributed by atoms with Gasteiger partial charge in [-0.2, -0.15) is 0 Å². The molecule has 0 fully saturated rings. The number of aromatic nitrogens is 1. The van der Waals surface area contributed by atoms with Crippen LogP contribution < -0.4 is 5.32 Å². The molecule has 1 atom stereocenters. The van der Waals surface area contributed by atoms with Crippen LogP contribution in [0.15, 0.2) is 36.5 Å². The molecule has 1 N–H and O–H groups in total. The van der Waals surface area contributed by atoms with Crippen molar-refractivity contribution in [2.75, 3.05) is 7.05 Å². The number of nitrogens with one attached hydrogen (secondary N) is 1. The van der Waals surface area contributed by atoms with E-state index in [0.29, 0.717) is 0 Å². The SMILES string of the molecule is CNC(c1ccc(F)cc1F)c1ncccc1F. The van der Waals surface area contributed by atoms with Crippen molar-refractivity contribution in [3.8, 4) is 0 Å². The Morgan fingerprint density at radius 3 is 2.50 bits per heavy atom. The van der Waals surface area contributed by atoms with Crippen LogP contribution in [-0.2, 0) is 0 Å². The van der Waals surface area contributed by atoms with Crippen molar-refractivity contribution in [1.29, 1.82) is 0 Å². The standard InChI is InChI=1S/C13H11F3N2/c1-17-12(13-10(15)3-2-6-18-13)9-5-4-8(14)7-11(9)16/h2-7,12,17H,1H3. The van der Waals surface area contributed by atoms with Gasteiger partial charge >= 0.3 is 0 Å². The molecule has 0 aliphatic heterocycles. The summed E-state index contributed by atoms with van der Waals surface area (Å²) < 4.78 is 40.1. The van der Waals surface area contributed by atoms with Gasteiger partial charge in [0, 0.05) is 17.8 Å². The Kier molecular flexibility index (Phi) is 3.62. The maximum absolute atomic E-state index is 13.7. The molecule has 2 rings (SSSR count). The Morgan fingerprint density at radius 1 is 1.11 bits per heavy atom. The Bertz CT molecular complexity index is 558. The molecule has 0 saturated carbocycles. The second-order valence-electron chi connectivity index (χ2n) is 3.76. The third-order valence-electron chi connectivity index (χ3n) is 2.62. The van der Waals surface area contributed by atoms with Crippen LogP contribution in [0, 0.1) is 17.5 Å². The Hall–Kier alpha value is -1.88. The number of halogens is 3. The summed E-state index contributed by atoms with van der Waals surface area (Å²) in [4.78, 5) is 3.89. The van der Waals surface area contributed by atoms with Crippen LogP contribution in [0.4, 0.5) is 13.2 Å². The van der Waals surface area contributed by atoms with Crippen LogP contribution >= 0.6 is 0 Å². The Morgan fingerprint density at radius 2 is 1.89 bits per heavy atom. The molecule has 94 valence electrons. The van der Waals surface area contributed by atoms with Gasteiger partial charge in [0.2, 0.25) is 0 Å². The third-order valence-corrected chi connectivity index (χ3v) is 2.62. The maximum atomic E-state index is 13.7. The molecule has 0 spiro atoms. The molecule has 1 heterocycles. The second kappa shape index (κ2) is 5.18. The summed E-state index contributed by atoms with van der Waals surface area (Å²) in [5.74, 6) is -1.95. The molecule has 1 aromatic heterocycles. The molecular formula is C13H11F3N2. The van der Waals surface area contributed by atoms with E-state index in [9.17, 15) is 13.2 Å². The van der Waals surface area contributed by atoms with Crippen LogP contribution in [0.5, 0.6) is 0 Å². The zero-order valence-corrected chi connectivity index (χ0v) is 9.62. The number of pyridine rings is 1. The van der Waals surface area contributed by atoms with Crippen molar-refractivity contribution in [3.63, 3.8) is 0 Å². The predicted octanol–water partition coefficient (Wildman–Crippen LogP) is 2.81. The zero-order valence-electron chi connectivity index (χ0n) is 9.62. The van der Waals surface area contributed by atoms with Crippen LogP contribution in [0.2, 0.25) is 0 Å². The molecule has 0 amide bonds. The van der Waals surface area contributed by atoms with Crippen molar-refractivity contribution in [1.82, 2.24) is 10.3 Å². The summed E-state index contributed by atoms with van der Waals surface area (Å²) >= 11 is 0. The first-order valence-corrected chi connectivity index (χ1v) is 5.36. The molecule has 0 bridgehead atoms. The summed E-state index contributed by atoms with van der Waals surface area (Å²) in [7, 11) is 1.56. The van der Waals surface area contributed by atoms with Gasteiger partial charge in [0.1, 0.15) is 17.5 Å². The average molecular weight is 252 g/mol. The lowest BCUT2D eigenvalue weighted by atomic mass is 10.0. The van der Waals surface area contributed by atoms with E-state index in [4.69, 9.17) is 0 Å². The molecule has 2 aromatic rings. The minimum Gasteiger partial charge on any atom is -0.308 e. The van der Waals surface area contributed by atoms with Crippen molar-refractivity contribution < 1.29 is 13.2 Å². The van der Waals surface area contributed by atoms with Crippen LogP contribution in [0.3, 0.4) is 0 Å². The van der Waals surface area contributed by atoms with Crippen LogP contribution in [0.1, 0.15) is 17.3 Å². The van der Waals surface area contributed by atoms with Gasteiger partial charge < -0.3 is 5.32 Å². The summed E-state index contributed by atoms with van der Waals surface area (Å²) in [6.45, 7) is 0. The van der Waals surface area contributed by atoms with Crippen LogP contribution in [-0.4, -0.2) is 12.0 Å². The lowest BCUT2D eigenvalue weighted by Gasteiger charge is -2.17. The van der Waals surface area contributed by atoms with Gasteiger partial charge in [0.25, 0.3) is 0 Å². The lowest BCUT2D eigenvalue weighted by molar-refractivity contribution is 0.525. The first-order chi connectivity index (χ1) is 8.63. The molecule has 0 aliphatic rings. The van der Waals surface area contributed by atoms with Gasteiger partial charge in [-0.05, 0) is 25.2 Å². The van der Waals surface area contributed by atoms with E-state index in [1.165, 1.54) is 24.4 Å². The fourth-order valence-corrected chi connectivity index (χ4v) is 1.79. The normalized spacial score (nSPS) is 12.4. The fraction of sp³-hybridized carbons (Fsp3) is 0.154. The van der Waals surface area contributed by atoms with E-state index in [0.717, 1.165) is 12.1 Å². The van der Waals surface area contributed by atoms with Crippen molar-refractivity contribution in [2.45, 2.75) is 6.04 Å². The van der Waals surface area contributed by atoms with Gasteiger partial charge in [0.05, 0.1) is 11.7 Å². The molecular weight excluding hydrogens is 241 g/mol. The number of benzene rings is 1. The molecule has 5 heteroatoms. The van der Waals surface area contributed by atoms with E-state index in [-0.39, 0.29) is 11.3 Å². The van der Waals surface area contributed by atoms with Gasteiger partial charge in [0.15, 0.2) is 0 Å². The third kappa shape index (κ3) is 2.36. The smallest absolute Gasteiger partial charge is 0.146 e. The molecule has 18 heavy (non-hydrogen) atoms. The number of rotatable bonds is 3. The highest BCUT2D eigenvalue weighted by atomic mass is 19.1. The first-order valence-electron chi connectivity index (χ1n) is 5.36. The molecule has 1 aromatic carbocycles. The minimum atomic E-state index is -0.758. The molecule has 0 aliphatic carbocycles. The van der Waals surface area contributed by atoms with E-state index in [2.05, 4.69) is 10.3 Å². The number of nitrogens with zero attached hydrogens (tertiary/aromatic N) is 1. The summed E-state index contributed by atoms with van der Waals surface area (Å²) in [6, 6.07) is 5.11. The topological polar surface area (TPSA) is 24.9 Å². The van der Waals surface area contributed by atoms with Gasteiger partial charge in [-0.15, -0.1) is 0 Å². The number of hydrogen-bond acceptors (Lipinski definition) is 2. The van der Waals surface area contributed by atoms with Gasteiger partial charge in [-0.3, -0.25) is 4.98 Å². The van der Waals surface area contributed by atoms with Gasteiger partial charge in [-0.25, -0.2) is 13.2 Å². The lowest BCUT2D eigenvalue weighted by Crippen LogP contribution is -2.21. The Labute approximate surface area is 102 Å². The van der Waals surface area contributed by atoms with E-state index < -0.39 is 23.5 Å². The average Bonchev–Trinajstić information content (AvgIpc) is 2.34. The fourth-order valence-electron chi connectivity index (χ4n) is 1.79. The highest BCUT2D eigenvalue weighted by Gasteiger charge is 2.20. The number of hydrogen-bond donors (Lipinski definition) is 1. The summed E-state index contributed by atoms with van der Waals surface area (Å²) in [5, 5.41) is 2.77. The highest BCUT2D eigenvalue weighted by Crippen LogP contribution is 2.24. The van der Waals surface area contributed by atoms with E-state index in [1.54, 1.807) is 7.05 Å². The Balaban J connectivity index is 2.49. The summed E-state index contributed by atoms with van der Waals surface area (Å²) in [6.07, 6.45) is 1.42. The maximum Gasteiger partial charge on any atom is 0.146 e. The minimum absolute atomic E-state index is 0.0745. The molecule has 2 nitrogen and oxygen atoms in total. The van der Waals surface area contributed by atoms with Crippen LogP contribution in [0.25, 0.3) is 0 Å². The quantitative estimate of drug-likeness (QED) is 0.908. The zero-order chi connectivity index (χ0) is 13.1. The summed E-state index contributed by atoms with van der Waals surface area (Å²) in [5.41, 5.74) is 0.224. The first kappa shape index (κ1) is 12.6. The molecule has 0 saturated heterocycles. The van der Waals surface area contributed by atoms with Gasteiger partial charge in [-0.1, -0.05) is 6.07 Å².